The molecule has 1 aromatic rings. The standard InChI is InChI=1S/C12H13Cl2N5O7S2.Na/c1-26-18-8(5-4-27-12(15-5)16-7(20)3-14)10(21)17-9-6(2-13)19(11(9)22)28(23,24)25;/h4,6,9H,2-3H2,1H3,(H,17,21)(H,15,16,20)(H,23,24,25);/q;+1/p-1/b18-8-;/t6-,9+;/m0./s1. The van der Waals surface area contributed by atoms with E-state index >= 15 is 0 Å². The summed E-state index contributed by atoms with van der Waals surface area (Å²) in [4.78, 5) is 44.3. The third kappa shape index (κ3) is 6.01. The molecule has 1 saturated heterocycles. The molecule has 1 aliphatic heterocycles. The molecule has 154 valence electrons. The van der Waals surface area contributed by atoms with E-state index in [-0.39, 0.29) is 56.3 Å². The summed E-state index contributed by atoms with van der Waals surface area (Å²) in [6, 6.07) is -2.58. The van der Waals surface area contributed by atoms with Crippen LogP contribution in [0.3, 0.4) is 0 Å². The summed E-state index contributed by atoms with van der Waals surface area (Å²) in [5, 5.41) is 9.69. The SMILES string of the molecule is CO/N=C(\C(=O)N[C@H]1C(=O)N(S(=O)(=O)[O-])[C@H]1CCl)c1csc(NC(=O)CCl)n1.[Na+]. The number of halogens is 2. The van der Waals surface area contributed by atoms with Crippen LogP contribution in [0.2, 0.25) is 0 Å². The maximum Gasteiger partial charge on any atom is 1.00 e. The van der Waals surface area contributed by atoms with Crippen LogP contribution in [0.25, 0.3) is 0 Å². The van der Waals surface area contributed by atoms with E-state index in [1.54, 1.807) is 0 Å². The summed E-state index contributed by atoms with van der Waals surface area (Å²) < 4.78 is 33.3. The first-order valence-electron chi connectivity index (χ1n) is 7.22. The zero-order valence-corrected chi connectivity index (χ0v) is 20.1. The largest absolute Gasteiger partial charge is 1.00 e. The molecule has 12 nitrogen and oxygen atoms in total. The molecule has 2 atom stereocenters. The maximum absolute atomic E-state index is 12.5. The van der Waals surface area contributed by atoms with Gasteiger partial charge in [0.2, 0.25) is 5.91 Å². The molecule has 1 aromatic heterocycles. The van der Waals surface area contributed by atoms with Gasteiger partial charge in [-0.15, -0.1) is 34.5 Å². The van der Waals surface area contributed by atoms with Gasteiger partial charge in [-0.25, -0.2) is 17.7 Å². The summed E-state index contributed by atoms with van der Waals surface area (Å²) in [6.07, 6.45) is 0. The van der Waals surface area contributed by atoms with Crippen molar-refractivity contribution in [3.63, 3.8) is 0 Å². The molecule has 2 heterocycles. The normalized spacial score (nSPS) is 19.1. The number of β-lactam (4-membered cyclic amide) rings is 1. The molecule has 0 spiro atoms. The first-order valence-corrected chi connectivity index (χ1v) is 10.5. The van der Waals surface area contributed by atoms with Crippen LogP contribution in [0.4, 0.5) is 5.13 Å². The van der Waals surface area contributed by atoms with Gasteiger partial charge in [0.15, 0.2) is 21.1 Å². The zero-order chi connectivity index (χ0) is 21.1. The predicted molar refractivity (Wildman–Crippen MR) is 98.0 cm³/mol. The number of carbonyl (C=O) groups excluding carboxylic acids is 3. The van der Waals surface area contributed by atoms with Gasteiger partial charge in [0.05, 0.1) is 6.04 Å². The van der Waals surface area contributed by atoms with Crippen LogP contribution in [0, 0.1) is 0 Å². The van der Waals surface area contributed by atoms with E-state index in [1.165, 1.54) is 5.38 Å². The summed E-state index contributed by atoms with van der Waals surface area (Å²) >= 11 is 12.0. The molecular formula is C12H12Cl2N5NaO7S2. The Morgan fingerprint density at radius 3 is 2.62 bits per heavy atom. The van der Waals surface area contributed by atoms with Crippen molar-refractivity contribution in [2.24, 2.45) is 5.16 Å². The summed E-state index contributed by atoms with van der Waals surface area (Å²) in [6.45, 7) is 0. The molecule has 0 aromatic carbocycles. The van der Waals surface area contributed by atoms with Crippen LogP contribution in [0.15, 0.2) is 10.5 Å². The minimum absolute atomic E-state index is 0. The predicted octanol–water partition coefficient (Wildman–Crippen LogP) is -3.93. The average Bonchev–Trinajstić information content (AvgIpc) is 3.08. The minimum atomic E-state index is -5.06. The first-order chi connectivity index (χ1) is 13.1. The Bertz CT molecular complexity index is 925. The molecule has 29 heavy (non-hydrogen) atoms. The van der Waals surface area contributed by atoms with Crippen LogP contribution in [-0.2, 0) is 29.5 Å². The van der Waals surface area contributed by atoms with Gasteiger partial charge in [-0.05, 0) is 0 Å². The maximum atomic E-state index is 12.5. The van der Waals surface area contributed by atoms with Crippen molar-refractivity contribution in [3.05, 3.63) is 11.1 Å². The van der Waals surface area contributed by atoms with Crippen LogP contribution < -0.4 is 40.2 Å². The number of oxime groups is 1. The molecule has 2 N–H and O–H groups in total. The number of hydrogen-bond donors (Lipinski definition) is 2. The Balaban J connectivity index is 0.00000420. The molecule has 1 fully saturated rings. The first kappa shape index (κ1) is 26.0. The smallest absolute Gasteiger partial charge is 0.731 e. The second kappa shape index (κ2) is 10.9. The average molecular weight is 496 g/mol. The molecule has 17 heteroatoms. The summed E-state index contributed by atoms with van der Waals surface area (Å²) in [7, 11) is -3.89. The number of thiazole rings is 1. The van der Waals surface area contributed by atoms with Gasteiger partial charge in [0.1, 0.15) is 24.7 Å². The van der Waals surface area contributed by atoms with E-state index in [4.69, 9.17) is 23.2 Å². The van der Waals surface area contributed by atoms with Gasteiger partial charge in [-0.1, -0.05) is 5.16 Å². The number of amides is 3. The number of aromatic nitrogens is 1. The zero-order valence-electron chi connectivity index (χ0n) is 14.9. The van der Waals surface area contributed by atoms with Crippen molar-refractivity contribution in [2.45, 2.75) is 12.1 Å². The van der Waals surface area contributed by atoms with Crippen molar-refractivity contribution in [3.8, 4) is 0 Å². The van der Waals surface area contributed by atoms with E-state index in [0.717, 1.165) is 18.4 Å². The van der Waals surface area contributed by atoms with Gasteiger partial charge >= 0.3 is 29.6 Å². The third-order valence-corrected chi connectivity index (χ3v) is 5.62. The molecular weight excluding hydrogens is 484 g/mol. The Hall–Kier alpha value is -1.000. The quantitative estimate of drug-likeness (QED) is 0.0918. The number of nitrogens with one attached hydrogen (secondary N) is 2. The van der Waals surface area contributed by atoms with Crippen molar-refractivity contribution in [2.75, 3.05) is 24.2 Å². The van der Waals surface area contributed by atoms with E-state index in [2.05, 4.69) is 25.6 Å². The van der Waals surface area contributed by atoms with E-state index in [1.807, 2.05) is 0 Å². The van der Waals surface area contributed by atoms with E-state index < -0.39 is 46.0 Å². The topological polar surface area (TPSA) is 170 Å². The number of carbonyl (C=O) groups is 3. The van der Waals surface area contributed by atoms with Crippen molar-refractivity contribution in [1.29, 1.82) is 0 Å². The summed E-state index contributed by atoms with van der Waals surface area (Å²) in [5.41, 5.74) is -0.341. The number of nitrogens with zero attached hydrogens (tertiary/aromatic N) is 3. The fourth-order valence-corrected chi connectivity index (χ4v) is 4.24. The van der Waals surface area contributed by atoms with E-state index in [9.17, 15) is 27.4 Å². The van der Waals surface area contributed by atoms with Crippen LogP contribution >= 0.6 is 34.5 Å². The van der Waals surface area contributed by atoms with Crippen LogP contribution in [0.5, 0.6) is 0 Å². The van der Waals surface area contributed by atoms with Gasteiger partial charge in [0.25, 0.3) is 11.8 Å². The van der Waals surface area contributed by atoms with Crippen molar-refractivity contribution < 1.29 is 61.7 Å². The molecule has 0 aliphatic carbocycles. The molecule has 0 radical (unpaired) electrons. The monoisotopic (exact) mass is 495 g/mol. The molecule has 2 rings (SSSR count). The molecule has 1 aliphatic rings. The second-order valence-corrected chi connectivity index (χ2v) is 7.79. The number of alkyl halides is 2. The van der Waals surface area contributed by atoms with E-state index in [0.29, 0.717) is 0 Å². The molecule has 0 unspecified atom stereocenters. The van der Waals surface area contributed by atoms with Gasteiger partial charge < -0.3 is 20.0 Å². The van der Waals surface area contributed by atoms with Crippen LogP contribution in [-0.4, -0.2) is 76.6 Å². The fourth-order valence-electron chi connectivity index (χ4n) is 2.20. The van der Waals surface area contributed by atoms with Crippen molar-refractivity contribution in [1.82, 2.24) is 14.6 Å². The summed E-state index contributed by atoms with van der Waals surface area (Å²) in [5.74, 6) is -3.27. The van der Waals surface area contributed by atoms with Crippen molar-refractivity contribution >= 4 is 73.4 Å². The Morgan fingerprint density at radius 1 is 1.45 bits per heavy atom. The molecule has 3 amide bonds. The Labute approximate surface area is 201 Å². The van der Waals surface area contributed by atoms with Crippen LogP contribution in [0.1, 0.15) is 5.69 Å². The minimum Gasteiger partial charge on any atom is -0.731 e. The Kier molecular flexibility index (Phi) is 9.75. The van der Waals surface area contributed by atoms with Gasteiger partial charge in [-0.3, -0.25) is 14.4 Å². The van der Waals surface area contributed by atoms with Gasteiger partial charge in [0, 0.05) is 11.3 Å². The molecule has 0 bridgehead atoms. The third-order valence-electron chi connectivity index (χ3n) is 3.37. The Morgan fingerprint density at radius 2 is 2.10 bits per heavy atom. The number of hydrogen-bond acceptors (Lipinski definition) is 10. The number of rotatable bonds is 8. The van der Waals surface area contributed by atoms with Gasteiger partial charge in [-0.2, -0.15) is 0 Å². The molecule has 0 saturated carbocycles. The second-order valence-electron chi connectivity index (χ2n) is 5.11. The fraction of sp³-hybridized carbons (Fsp3) is 0.417. The number of anilines is 1.